The molecule has 0 bridgehead atoms. The topological polar surface area (TPSA) is 35.2 Å². The SMILES string of the molecule is CC(C)OC(c1ccc(Cl)s1)C(C)N. The second kappa shape index (κ2) is 5.12. The van der Waals surface area contributed by atoms with Crippen molar-refractivity contribution in [2.45, 2.75) is 39.0 Å². The van der Waals surface area contributed by atoms with Crippen molar-refractivity contribution >= 4 is 22.9 Å². The smallest absolute Gasteiger partial charge is 0.107 e. The fourth-order valence-corrected chi connectivity index (χ4v) is 2.44. The van der Waals surface area contributed by atoms with Crippen molar-refractivity contribution in [1.29, 1.82) is 0 Å². The monoisotopic (exact) mass is 233 g/mol. The molecule has 0 aliphatic heterocycles. The summed E-state index contributed by atoms with van der Waals surface area (Å²) < 4.78 is 6.51. The zero-order valence-electron chi connectivity index (χ0n) is 8.66. The quantitative estimate of drug-likeness (QED) is 0.867. The number of nitrogens with two attached hydrogens (primary N) is 1. The van der Waals surface area contributed by atoms with Gasteiger partial charge >= 0.3 is 0 Å². The predicted octanol–water partition coefficient (Wildman–Crippen LogP) is 3.21. The minimum atomic E-state index is -0.0486. The van der Waals surface area contributed by atoms with Gasteiger partial charge in [-0.1, -0.05) is 11.6 Å². The molecule has 4 heteroatoms. The Morgan fingerprint density at radius 3 is 2.36 bits per heavy atom. The summed E-state index contributed by atoms with van der Waals surface area (Å²) in [5.41, 5.74) is 5.86. The van der Waals surface area contributed by atoms with Crippen molar-refractivity contribution in [2.75, 3.05) is 0 Å². The highest BCUT2D eigenvalue weighted by atomic mass is 35.5. The van der Waals surface area contributed by atoms with Crippen LogP contribution in [-0.4, -0.2) is 12.1 Å². The van der Waals surface area contributed by atoms with Crippen LogP contribution in [0, 0.1) is 0 Å². The molecular formula is C10H16ClNOS. The number of hydrogen-bond donors (Lipinski definition) is 1. The van der Waals surface area contributed by atoms with Crippen LogP contribution >= 0.6 is 22.9 Å². The van der Waals surface area contributed by atoms with E-state index in [4.69, 9.17) is 22.1 Å². The number of thiophene rings is 1. The molecule has 0 aliphatic rings. The maximum atomic E-state index is 5.87. The first-order chi connectivity index (χ1) is 6.50. The molecular weight excluding hydrogens is 218 g/mol. The first-order valence-electron chi connectivity index (χ1n) is 4.67. The van der Waals surface area contributed by atoms with Crippen LogP contribution in [0.5, 0.6) is 0 Å². The molecule has 0 saturated heterocycles. The van der Waals surface area contributed by atoms with Gasteiger partial charge in [-0.3, -0.25) is 0 Å². The van der Waals surface area contributed by atoms with Gasteiger partial charge in [-0.15, -0.1) is 11.3 Å². The van der Waals surface area contributed by atoms with Gasteiger partial charge < -0.3 is 10.5 Å². The van der Waals surface area contributed by atoms with Crippen LogP contribution < -0.4 is 5.73 Å². The third-order valence-corrected chi connectivity index (χ3v) is 3.06. The minimum absolute atomic E-state index is 0.0212. The molecule has 1 aromatic heterocycles. The van der Waals surface area contributed by atoms with Gasteiger partial charge in [0, 0.05) is 10.9 Å². The van der Waals surface area contributed by atoms with E-state index in [2.05, 4.69) is 0 Å². The normalized spacial score (nSPS) is 15.9. The van der Waals surface area contributed by atoms with Crippen LogP contribution in [0.1, 0.15) is 31.8 Å². The van der Waals surface area contributed by atoms with Crippen molar-refractivity contribution < 1.29 is 4.74 Å². The molecule has 0 aliphatic carbocycles. The molecule has 2 nitrogen and oxygen atoms in total. The predicted molar refractivity (Wildman–Crippen MR) is 61.9 cm³/mol. The Balaban J connectivity index is 2.77. The summed E-state index contributed by atoms with van der Waals surface area (Å²) in [7, 11) is 0. The molecule has 0 saturated carbocycles. The van der Waals surface area contributed by atoms with Crippen LogP contribution in [0.25, 0.3) is 0 Å². The summed E-state index contributed by atoms with van der Waals surface area (Å²) in [4.78, 5) is 1.10. The summed E-state index contributed by atoms with van der Waals surface area (Å²) in [5.74, 6) is 0. The van der Waals surface area contributed by atoms with E-state index in [1.54, 1.807) is 0 Å². The highest BCUT2D eigenvalue weighted by Crippen LogP contribution is 2.31. The second-order valence-corrected chi connectivity index (χ2v) is 5.35. The summed E-state index contributed by atoms with van der Waals surface area (Å²) in [6, 6.07) is 3.83. The number of halogens is 1. The van der Waals surface area contributed by atoms with Crippen molar-refractivity contribution in [3.05, 3.63) is 21.3 Å². The fourth-order valence-electron chi connectivity index (χ4n) is 1.22. The average molecular weight is 234 g/mol. The van der Waals surface area contributed by atoms with Gasteiger partial charge in [-0.2, -0.15) is 0 Å². The van der Waals surface area contributed by atoms with Crippen molar-refractivity contribution in [1.82, 2.24) is 0 Å². The Morgan fingerprint density at radius 2 is 2.00 bits per heavy atom. The lowest BCUT2D eigenvalue weighted by Gasteiger charge is -2.22. The first kappa shape index (κ1) is 12.0. The van der Waals surface area contributed by atoms with Gasteiger partial charge in [-0.25, -0.2) is 0 Å². The Labute approximate surface area is 94.0 Å². The van der Waals surface area contributed by atoms with E-state index in [1.807, 2.05) is 32.9 Å². The molecule has 0 amide bonds. The van der Waals surface area contributed by atoms with Crippen molar-refractivity contribution in [3.8, 4) is 0 Å². The zero-order valence-corrected chi connectivity index (χ0v) is 10.2. The Bertz CT molecular complexity index is 285. The lowest BCUT2D eigenvalue weighted by atomic mass is 10.1. The van der Waals surface area contributed by atoms with Gasteiger partial charge in [0.15, 0.2) is 0 Å². The molecule has 14 heavy (non-hydrogen) atoms. The molecule has 2 N–H and O–H groups in total. The molecule has 0 aromatic carbocycles. The number of hydrogen-bond acceptors (Lipinski definition) is 3. The van der Waals surface area contributed by atoms with E-state index in [0.717, 1.165) is 9.21 Å². The lowest BCUT2D eigenvalue weighted by Crippen LogP contribution is -2.28. The third-order valence-electron chi connectivity index (χ3n) is 1.77. The summed E-state index contributed by atoms with van der Waals surface area (Å²) >= 11 is 7.39. The molecule has 1 rings (SSSR count). The van der Waals surface area contributed by atoms with E-state index in [9.17, 15) is 0 Å². The van der Waals surface area contributed by atoms with Gasteiger partial charge in [0.1, 0.15) is 6.10 Å². The summed E-state index contributed by atoms with van der Waals surface area (Å²) in [6.07, 6.45) is 0.124. The van der Waals surface area contributed by atoms with Gasteiger partial charge in [-0.05, 0) is 32.9 Å². The van der Waals surface area contributed by atoms with Crippen molar-refractivity contribution in [2.24, 2.45) is 5.73 Å². The van der Waals surface area contributed by atoms with Crippen LogP contribution in [0.3, 0.4) is 0 Å². The number of ether oxygens (including phenoxy) is 1. The lowest BCUT2D eigenvalue weighted by molar-refractivity contribution is -0.00304. The molecule has 2 atom stereocenters. The Morgan fingerprint density at radius 1 is 1.36 bits per heavy atom. The molecule has 0 fully saturated rings. The molecule has 0 radical (unpaired) electrons. The number of rotatable bonds is 4. The summed E-state index contributed by atoms with van der Waals surface area (Å²) in [5, 5.41) is 0. The molecule has 1 aromatic rings. The van der Waals surface area contributed by atoms with E-state index in [-0.39, 0.29) is 18.2 Å². The molecule has 2 unspecified atom stereocenters. The standard InChI is InChI=1S/C10H16ClNOS/c1-6(2)13-10(7(3)12)8-4-5-9(11)14-8/h4-7,10H,12H2,1-3H3. The van der Waals surface area contributed by atoms with Crippen LogP contribution in [-0.2, 0) is 4.74 Å². The van der Waals surface area contributed by atoms with Gasteiger partial charge in [0.25, 0.3) is 0 Å². The van der Waals surface area contributed by atoms with Crippen molar-refractivity contribution in [3.63, 3.8) is 0 Å². The maximum Gasteiger partial charge on any atom is 0.107 e. The third kappa shape index (κ3) is 3.24. The molecule has 0 spiro atoms. The molecule has 80 valence electrons. The van der Waals surface area contributed by atoms with Crippen LogP contribution in [0.2, 0.25) is 4.34 Å². The van der Waals surface area contributed by atoms with E-state index < -0.39 is 0 Å². The second-order valence-electron chi connectivity index (χ2n) is 3.61. The Kier molecular flexibility index (Phi) is 4.38. The zero-order chi connectivity index (χ0) is 10.7. The minimum Gasteiger partial charge on any atom is -0.368 e. The largest absolute Gasteiger partial charge is 0.368 e. The fraction of sp³-hybridized carbons (Fsp3) is 0.600. The Hall–Kier alpha value is -0.0900. The highest BCUT2D eigenvalue weighted by molar-refractivity contribution is 7.16. The molecule has 1 heterocycles. The highest BCUT2D eigenvalue weighted by Gasteiger charge is 2.19. The van der Waals surface area contributed by atoms with E-state index in [1.165, 1.54) is 11.3 Å². The van der Waals surface area contributed by atoms with E-state index in [0.29, 0.717) is 0 Å². The van der Waals surface area contributed by atoms with E-state index >= 15 is 0 Å². The average Bonchev–Trinajstić information content (AvgIpc) is 2.46. The van der Waals surface area contributed by atoms with Crippen LogP contribution in [0.4, 0.5) is 0 Å². The van der Waals surface area contributed by atoms with Gasteiger partial charge in [0.2, 0.25) is 0 Å². The van der Waals surface area contributed by atoms with Crippen LogP contribution in [0.15, 0.2) is 12.1 Å². The van der Waals surface area contributed by atoms with Gasteiger partial charge in [0.05, 0.1) is 10.4 Å². The maximum absolute atomic E-state index is 5.87. The summed E-state index contributed by atoms with van der Waals surface area (Å²) in [6.45, 7) is 5.95. The first-order valence-corrected chi connectivity index (χ1v) is 5.86.